The average Bonchev–Trinajstić information content (AvgIpc) is 2.73. The fraction of sp³-hybridized carbons (Fsp3) is 0.214. The Balaban J connectivity index is 2.11. The maximum atomic E-state index is 6.30. The molecule has 0 bridgehead atoms. The molecule has 2 aromatic rings. The molecule has 0 amide bonds. The van der Waals surface area contributed by atoms with Crippen LogP contribution in [0, 0.1) is 10.5 Å². The first-order valence-electron chi connectivity index (χ1n) is 5.95. The second-order valence-electron chi connectivity index (χ2n) is 4.54. The van der Waals surface area contributed by atoms with Gasteiger partial charge in [0, 0.05) is 26.4 Å². The highest BCUT2D eigenvalue weighted by Crippen LogP contribution is 2.39. The normalized spacial score (nSPS) is 13.8. The molecule has 0 unspecified atom stereocenters. The van der Waals surface area contributed by atoms with E-state index < -0.39 is 0 Å². The van der Waals surface area contributed by atoms with Crippen LogP contribution in [0.3, 0.4) is 0 Å². The molecular weight excluding hydrogens is 394 g/mol. The molecule has 0 spiro atoms. The lowest BCUT2D eigenvalue weighted by molar-refractivity contribution is 0.987. The van der Waals surface area contributed by atoms with Crippen molar-refractivity contribution in [3.63, 3.8) is 0 Å². The van der Waals surface area contributed by atoms with Crippen molar-refractivity contribution in [3.05, 3.63) is 49.1 Å². The maximum absolute atomic E-state index is 6.30. The number of hydrogen-bond acceptors (Lipinski definition) is 2. The molecular formula is C14H11Cl2IN2. The Morgan fingerprint density at radius 1 is 1.26 bits per heavy atom. The van der Waals surface area contributed by atoms with Crippen molar-refractivity contribution in [1.82, 2.24) is 4.98 Å². The Morgan fingerprint density at radius 2 is 2.05 bits per heavy atom. The van der Waals surface area contributed by atoms with Gasteiger partial charge in [0.15, 0.2) is 0 Å². The van der Waals surface area contributed by atoms with Crippen LogP contribution < -0.4 is 4.90 Å². The zero-order valence-electron chi connectivity index (χ0n) is 10.3. The number of anilines is 2. The number of aryl methyl sites for hydroxylation is 1. The summed E-state index contributed by atoms with van der Waals surface area (Å²) in [7, 11) is 0. The highest BCUT2D eigenvalue weighted by atomic mass is 127. The second-order valence-corrected chi connectivity index (χ2v) is 6.55. The van der Waals surface area contributed by atoms with Gasteiger partial charge in [-0.3, -0.25) is 0 Å². The molecule has 0 N–H and O–H groups in total. The van der Waals surface area contributed by atoms with Crippen molar-refractivity contribution >= 4 is 57.3 Å². The maximum Gasteiger partial charge on any atom is 0.137 e. The molecule has 2 nitrogen and oxygen atoms in total. The highest BCUT2D eigenvalue weighted by Gasteiger charge is 2.25. The summed E-state index contributed by atoms with van der Waals surface area (Å²) in [6, 6.07) is 7.71. The molecule has 1 aliphatic rings. The molecule has 0 radical (unpaired) electrons. The number of aromatic nitrogens is 1. The van der Waals surface area contributed by atoms with E-state index in [9.17, 15) is 0 Å². The summed E-state index contributed by atoms with van der Waals surface area (Å²) in [6.07, 6.45) is 1.000. The van der Waals surface area contributed by atoms with E-state index in [1.54, 1.807) is 6.07 Å². The summed E-state index contributed by atoms with van der Waals surface area (Å²) in [4.78, 5) is 6.84. The summed E-state index contributed by atoms with van der Waals surface area (Å²) in [6.45, 7) is 2.92. The van der Waals surface area contributed by atoms with Gasteiger partial charge < -0.3 is 4.90 Å². The van der Waals surface area contributed by atoms with Gasteiger partial charge >= 0.3 is 0 Å². The quantitative estimate of drug-likeness (QED) is 0.622. The molecule has 0 saturated heterocycles. The lowest BCUT2D eigenvalue weighted by Gasteiger charge is -2.20. The average molecular weight is 405 g/mol. The van der Waals surface area contributed by atoms with E-state index in [1.807, 2.05) is 19.1 Å². The van der Waals surface area contributed by atoms with E-state index in [1.165, 1.54) is 9.13 Å². The van der Waals surface area contributed by atoms with E-state index in [0.29, 0.717) is 10.0 Å². The molecule has 0 saturated carbocycles. The predicted molar refractivity (Wildman–Crippen MR) is 88.9 cm³/mol. The number of fused-ring (bicyclic) bond motifs is 1. The fourth-order valence-corrected chi connectivity index (χ4v) is 3.83. The van der Waals surface area contributed by atoms with E-state index in [-0.39, 0.29) is 0 Å². The molecule has 1 aromatic heterocycles. The van der Waals surface area contributed by atoms with Gasteiger partial charge in [-0.2, -0.15) is 0 Å². The van der Waals surface area contributed by atoms with Crippen LogP contribution in [0.1, 0.15) is 11.3 Å². The molecule has 0 atom stereocenters. The second kappa shape index (κ2) is 5.11. The zero-order chi connectivity index (χ0) is 13.6. The monoisotopic (exact) mass is 404 g/mol. The first-order valence-corrected chi connectivity index (χ1v) is 7.78. The van der Waals surface area contributed by atoms with Crippen LogP contribution in [0.2, 0.25) is 10.0 Å². The zero-order valence-corrected chi connectivity index (χ0v) is 13.9. The van der Waals surface area contributed by atoms with E-state index >= 15 is 0 Å². The standard InChI is InChI=1S/C14H11Cl2IN2/c1-8-6-12(17)10-4-5-19(14(10)18-8)13-3-2-9(15)7-11(13)16/h2-3,6-7H,4-5H2,1H3. The molecule has 1 aromatic carbocycles. The van der Waals surface area contributed by atoms with Crippen molar-refractivity contribution < 1.29 is 0 Å². The Bertz CT molecular complexity index is 658. The predicted octanol–water partition coefficient (Wildman–Crippen LogP) is 5.00. The summed E-state index contributed by atoms with van der Waals surface area (Å²) in [5.74, 6) is 1.02. The topological polar surface area (TPSA) is 16.1 Å². The molecule has 3 rings (SSSR count). The van der Waals surface area contributed by atoms with Gasteiger partial charge in [0.2, 0.25) is 0 Å². The molecule has 0 aliphatic carbocycles. The number of rotatable bonds is 1. The van der Waals surface area contributed by atoms with Crippen molar-refractivity contribution in [1.29, 1.82) is 0 Å². The van der Waals surface area contributed by atoms with E-state index in [4.69, 9.17) is 23.2 Å². The first kappa shape index (κ1) is 13.5. The third-order valence-electron chi connectivity index (χ3n) is 3.22. The van der Waals surface area contributed by atoms with E-state index in [2.05, 4.69) is 38.5 Å². The smallest absolute Gasteiger partial charge is 0.137 e. The number of halogens is 3. The van der Waals surface area contributed by atoms with Crippen molar-refractivity contribution in [2.24, 2.45) is 0 Å². The molecule has 5 heteroatoms. The summed E-state index contributed by atoms with van der Waals surface area (Å²) < 4.78 is 1.27. The van der Waals surface area contributed by atoms with Crippen LogP contribution in [-0.4, -0.2) is 11.5 Å². The third-order valence-corrected chi connectivity index (χ3v) is 4.72. The van der Waals surface area contributed by atoms with Crippen LogP contribution in [-0.2, 0) is 6.42 Å². The van der Waals surface area contributed by atoms with Gasteiger partial charge in [-0.15, -0.1) is 0 Å². The molecule has 98 valence electrons. The van der Waals surface area contributed by atoms with Gasteiger partial charge in [-0.25, -0.2) is 4.98 Å². The van der Waals surface area contributed by atoms with Crippen LogP contribution >= 0.6 is 45.8 Å². The summed E-state index contributed by atoms with van der Waals surface area (Å²) >= 11 is 14.6. The Hall–Kier alpha value is -0.520. The fourth-order valence-electron chi connectivity index (χ4n) is 2.36. The van der Waals surface area contributed by atoms with Crippen LogP contribution in [0.5, 0.6) is 0 Å². The Labute approximate surface area is 135 Å². The minimum absolute atomic E-state index is 0.653. The number of pyridine rings is 1. The molecule has 2 heterocycles. The lowest BCUT2D eigenvalue weighted by Crippen LogP contribution is -2.15. The SMILES string of the molecule is Cc1cc(I)c2c(n1)N(c1ccc(Cl)cc1Cl)CC2. The molecule has 0 fully saturated rings. The number of hydrogen-bond donors (Lipinski definition) is 0. The van der Waals surface area contributed by atoms with Gasteiger partial charge in [0.05, 0.1) is 10.7 Å². The first-order chi connectivity index (χ1) is 9.06. The van der Waals surface area contributed by atoms with Gasteiger partial charge in [0.1, 0.15) is 5.82 Å². The van der Waals surface area contributed by atoms with Crippen LogP contribution in [0.25, 0.3) is 0 Å². The molecule has 1 aliphatic heterocycles. The lowest BCUT2D eigenvalue weighted by atomic mass is 10.2. The van der Waals surface area contributed by atoms with E-state index in [0.717, 1.165) is 30.2 Å². The number of nitrogens with zero attached hydrogens (tertiary/aromatic N) is 2. The molecule has 19 heavy (non-hydrogen) atoms. The summed E-state index contributed by atoms with van der Waals surface area (Å²) in [5, 5.41) is 1.32. The summed E-state index contributed by atoms with van der Waals surface area (Å²) in [5.41, 5.74) is 3.30. The van der Waals surface area contributed by atoms with Gasteiger partial charge in [0.25, 0.3) is 0 Å². The Kier molecular flexibility index (Phi) is 3.62. The van der Waals surface area contributed by atoms with Gasteiger partial charge in [-0.05, 0) is 60.2 Å². The van der Waals surface area contributed by atoms with Crippen molar-refractivity contribution in [2.75, 3.05) is 11.4 Å². The van der Waals surface area contributed by atoms with Crippen LogP contribution in [0.4, 0.5) is 11.5 Å². The third kappa shape index (κ3) is 2.43. The minimum Gasteiger partial charge on any atom is -0.324 e. The Morgan fingerprint density at radius 3 is 2.79 bits per heavy atom. The van der Waals surface area contributed by atoms with Crippen molar-refractivity contribution in [3.8, 4) is 0 Å². The van der Waals surface area contributed by atoms with Gasteiger partial charge in [-0.1, -0.05) is 23.2 Å². The van der Waals surface area contributed by atoms with Crippen molar-refractivity contribution in [2.45, 2.75) is 13.3 Å². The number of benzene rings is 1. The largest absolute Gasteiger partial charge is 0.324 e. The highest BCUT2D eigenvalue weighted by molar-refractivity contribution is 14.1. The van der Waals surface area contributed by atoms with Crippen LogP contribution in [0.15, 0.2) is 24.3 Å². The minimum atomic E-state index is 0.653.